The molecule has 1 aromatic heterocycles. The molecule has 2 saturated heterocycles. The van der Waals surface area contributed by atoms with Crippen LogP contribution < -0.4 is 14.8 Å². The molecular formula is C46H44N4O6. The Bertz CT molecular complexity index is 2250. The predicted molar refractivity (Wildman–Crippen MR) is 214 cm³/mol. The molecule has 4 heterocycles. The number of nitrogens with one attached hydrogen (secondary N) is 1. The van der Waals surface area contributed by atoms with E-state index >= 15 is 0 Å². The third-order valence-corrected chi connectivity index (χ3v) is 10.9. The maximum Gasteiger partial charge on any atom is 0.255 e. The van der Waals surface area contributed by atoms with Gasteiger partial charge in [-0.3, -0.25) is 24.6 Å². The lowest BCUT2D eigenvalue weighted by Gasteiger charge is -2.29. The van der Waals surface area contributed by atoms with Crippen LogP contribution in [-0.4, -0.2) is 76.0 Å². The Labute approximate surface area is 326 Å². The molecular weight excluding hydrogens is 705 g/mol. The van der Waals surface area contributed by atoms with Crippen LogP contribution in [0.5, 0.6) is 17.4 Å². The quantitative estimate of drug-likeness (QED) is 0.102. The van der Waals surface area contributed by atoms with Crippen molar-refractivity contribution in [2.75, 3.05) is 26.2 Å². The fraction of sp³-hybridized carbons (Fsp3) is 0.261. The minimum atomic E-state index is -0.638. The van der Waals surface area contributed by atoms with Crippen molar-refractivity contribution >= 4 is 28.9 Å². The van der Waals surface area contributed by atoms with Crippen molar-refractivity contribution in [3.63, 3.8) is 0 Å². The van der Waals surface area contributed by atoms with Gasteiger partial charge in [0.1, 0.15) is 30.3 Å². The Kier molecular flexibility index (Phi) is 10.6. The number of imide groups is 1. The number of carbonyl (C=O) groups is 3. The smallest absolute Gasteiger partial charge is 0.255 e. The minimum absolute atomic E-state index is 0.0272. The summed E-state index contributed by atoms with van der Waals surface area (Å²) in [6.45, 7) is 5.53. The van der Waals surface area contributed by atoms with Crippen molar-refractivity contribution < 1.29 is 29.0 Å². The van der Waals surface area contributed by atoms with E-state index in [1.54, 1.807) is 29.3 Å². The number of piperidine rings is 1. The Hall–Kier alpha value is -6.26. The Balaban J connectivity index is 0.837. The summed E-state index contributed by atoms with van der Waals surface area (Å²) in [6.07, 6.45) is 4.13. The van der Waals surface area contributed by atoms with Gasteiger partial charge in [-0.25, -0.2) is 4.98 Å². The molecule has 0 saturated carbocycles. The van der Waals surface area contributed by atoms with Crippen molar-refractivity contribution in [3.8, 4) is 28.5 Å². The third kappa shape index (κ3) is 7.92. The Morgan fingerprint density at radius 1 is 0.857 bits per heavy atom. The summed E-state index contributed by atoms with van der Waals surface area (Å²) in [7, 11) is 0. The normalized spacial score (nSPS) is 18.7. The molecule has 284 valence electrons. The first kappa shape index (κ1) is 36.7. The molecule has 2 N–H and O–H groups in total. The zero-order valence-electron chi connectivity index (χ0n) is 31.3. The molecule has 2 unspecified atom stereocenters. The molecule has 0 radical (unpaired) electrons. The molecule has 5 aromatic rings. The monoisotopic (exact) mass is 748 g/mol. The summed E-state index contributed by atoms with van der Waals surface area (Å²) >= 11 is 0. The van der Waals surface area contributed by atoms with Gasteiger partial charge in [-0.1, -0.05) is 67.6 Å². The molecule has 3 aliphatic heterocycles. The SMILES string of the molecule is CCC(=C(c1ccc(O)cc1)c1ccc(OCCN2CCC(Oc3ccc(-c4ccc5c(c4)CN(C4CCC(=O)NC4=O)C5=O)cn3)C2)cc1)c1ccccc1. The predicted octanol–water partition coefficient (Wildman–Crippen LogP) is 7.12. The maximum atomic E-state index is 13.1. The fourth-order valence-corrected chi connectivity index (χ4v) is 7.96. The number of hydrogen-bond acceptors (Lipinski definition) is 8. The lowest BCUT2D eigenvalue weighted by atomic mass is 9.88. The molecule has 2 atom stereocenters. The van der Waals surface area contributed by atoms with Crippen LogP contribution in [0.15, 0.2) is 115 Å². The second-order valence-electron chi connectivity index (χ2n) is 14.5. The van der Waals surface area contributed by atoms with Gasteiger partial charge >= 0.3 is 0 Å². The number of pyridine rings is 1. The van der Waals surface area contributed by atoms with Gasteiger partial charge in [0, 0.05) is 56.0 Å². The van der Waals surface area contributed by atoms with E-state index in [0.29, 0.717) is 31.0 Å². The highest BCUT2D eigenvalue weighted by molar-refractivity contribution is 6.05. The van der Waals surface area contributed by atoms with Gasteiger partial charge in [-0.15, -0.1) is 0 Å². The summed E-state index contributed by atoms with van der Waals surface area (Å²) < 4.78 is 12.4. The number of rotatable bonds is 12. The zero-order chi connectivity index (χ0) is 38.6. The van der Waals surface area contributed by atoms with E-state index in [-0.39, 0.29) is 30.1 Å². The molecule has 2 fully saturated rings. The number of benzene rings is 4. The second kappa shape index (κ2) is 16.2. The van der Waals surface area contributed by atoms with Gasteiger partial charge < -0.3 is 19.5 Å². The van der Waals surface area contributed by atoms with E-state index in [1.165, 1.54) is 11.1 Å². The van der Waals surface area contributed by atoms with Gasteiger partial charge in [0.05, 0.1) is 0 Å². The number of phenolic OH excluding ortho intramolecular Hbond substituents is 1. The van der Waals surface area contributed by atoms with Crippen LogP contribution in [0.2, 0.25) is 0 Å². The highest BCUT2D eigenvalue weighted by atomic mass is 16.5. The van der Waals surface area contributed by atoms with Crippen LogP contribution in [0.25, 0.3) is 22.3 Å². The van der Waals surface area contributed by atoms with Crippen LogP contribution in [0.1, 0.15) is 65.2 Å². The van der Waals surface area contributed by atoms with Crippen molar-refractivity contribution in [1.82, 2.24) is 20.1 Å². The van der Waals surface area contributed by atoms with E-state index in [2.05, 4.69) is 58.5 Å². The summed E-state index contributed by atoms with van der Waals surface area (Å²) in [5.41, 5.74) is 8.95. The number of phenols is 1. The van der Waals surface area contributed by atoms with Crippen molar-refractivity contribution in [2.45, 2.75) is 51.3 Å². The number of likely N-dealkylation sites (tertiary alicyclic amines) is 1. The summed E-state index contributed by atoms with van der Waals surface area (Å²) in [6, 6.07) is 35.0. The van der Waals surface area contributed by atoms with Gasteiger partial charge in [0.15, 0.2) is 0 Å². The van der Waals surface area contributed by atoms with Crippen molar-refractivity contribution in [3.05, 3.63) is 143 Å². The van der Waals surface area contributed by atoms with Crippen LogP contribution in [0.4, 0.5) is 0 Å². The molecule has 4 aromatic carbocycles. The first-order valence-corrected chi connectivity index (χ1v) is 19.3. The zero-order valence-corrected chi connectivity index (χ0v) is 31.3. The fourth-order valence-electron chi connectivity index (χ4n) is 7.96. The van der Waals surface area contributed by atoms with Crippen molar-refractivity contribution in [1.29, 1.82) is 0 Å². The Morgan fingerprint density at radius 3 is 2.32 bits per heavy atom. The van der Waals surface area contributed by atoms with E-state index in [0.717, 1.165) is 71.6 Å². The molecule has 0 spiro atoms. The average molecular weight is 749 g/mol. The van der Waals surface area contributed by atoms with Crippen molar-refractivity contribution in [2.24, 2.45) is 0 Å². The summed E-state index contributed by atoms with van der Waals surface area (Å²) in [4.78, 5) is 45.6. The Morgan fingerprint density at radius 2 is 1.61 bits per heavy atom. The number of carbonyl (C=O) groups excluding carboxylic acids is 3. The lowest BCUT2D eigenvalue weighted by Crippen LogP contribution is -2.52. The van der Waals surface area contributed by atoms with Gasteiger partial charge in [0.2, 0.25) is 17.7 Å². The van der Waals surface area contributed by atoms with E-state index in [1.807, 2.05) is 54.6 Å². The molecule has 0 aliphatic carbocycles. The molecule has 56 heavy (non-hydrogen) atoms. The number of nitrogens with zero attached hydrogens (tertiary/aromatic N) is 3. The standard InChI is InChI=1S/C46H44N4O6/c1-2-39(30-6-4-3-5-7-30)44(31-8-14-36(51)15-9-31)32-10-16-37(17-11-32)55-25-24-49-23-22-38(29-49)56-43-21-13-34(27-47-43)33-12-18-40-35(26-33)28-50(46(40)54)41-19-20-42(52)48-45(41)53/h3-18,21,26-27,38,41,51H,2,19-20,22-25,28-29H2,1H3,(H,48,52,53). The maximum absolute atomic E-state index is 13.1. The number of ether oxygens (including phenoxy) is 2. The molecule has 10 heteroatoms. The second-order valence-corrected chi connectivity index (χ2v) is 14.5. The lowest BCUT2D eigenvalue weighted by molar-refractivity contribution is -0.136. The highest BCUT2D eigenvalue weighted by Gasteiger charge is 2.39. The highest BCUT2D eigenvalue weighted by Crippen LogP contribution is 2.36. The number of aromatic hydroxyl groups is 1. The summed E-state index contributed by atoms with van der Waals surface area (Å²) in [5.74, 6) is 0.725. The van der Waals surface area contributed by atoms with Gasteiger partial charge in [0.25, 0.3) is 5.91 Å². The molecule has 3 amide bonds. The van der Waals surface area contributed by atoms with E-state index in [4.69, 9.17) is 9.47 Å². The number of hydrogen-bond donors (Lipinski definition) is 2. The van der Waals surface area contributed by atoms with Crippen LogP contribution >= 0.6 is 0 Å². The van der Waals surface area contributed by atoms with Crippen LogP contribution in [0, 0.1) is 0 Å². The first-order valence-electron chi connectivity index (χ1n) is 19.3. The van der Waals surface area contributed by atoms with Crippen LogP contribution in [0.3, 0.4) is 0 Å². The topological polar surface area (TPSA) is 121 Å². The molecule has 8 rings (SSSR count). The average Bonchev–Trinajstić information content (AvgIpc) is 3.81. The number of amides is 3. The number of aromatic nitrogens is 1. The molecule has 0 bridgehead atoms. The first-order chi connectivity index (χ1) is 27.3. The third-order valence-electron chi connectivity index (χ3n) is 10.9. The largest absolute Gasteiger partial charge is 0.508 e. The summed E-state index contributed by atoms with van der Waals surface area (Å²) in [5, 5.41) is 12.3. The van der Waals surface area contributed by atoms with Gasteiger partial charge in [-0.05, 0) is 101 Å². The van der Waals surface area contributed by atoms with E-state index in [9.17, 15) is 19.5 Å². The minimum Gasteiger partial charge on any atom is -0.508 e. The number of allylic oxidation sites excluding steroid dienone is 1. The number of fused-ring (bicyclic) bond motifs is 1. The molecule has 10 nitrogen and oxygen atoms in total. The van der Waals surface area contributed by atoms with Crippen LogP contribution in [-0.2, 0) is 16.1 Å². The van der Waals surface area contributed by atoms with Gasteiger partial charge in [-0.2, -0.15) is 0 Å². The molecule has 3 aliphatic rings. The van der Waals surface area contributed by atoms with E-state index < -0.39 is 11.9 Å².